The zero-order chi connectivity index (χ0) is 18.9. The van der Waals surface area contributed by atoms with Crippen molar-refractivity contribution in [3.8, 4) is 5.75 Å². The van der Waals surface area contributed by atoms with Crippen LogP contribution in [0.3, 0.4) is 0 Å². The zero-order valence-corrected chi connectivity index (χ0v) is 15.0. The van der Waals surface area contributed by atoms with Crippen LogP contribution in [0, 0.1) is 6.92 Å². The average Bonchev–Trinajstić information content (AvgIpc) is 2.62. The third-order valence-corrected chi connectivity index (χ3v) is 3.83. The average molecular weight is 357 g/mol. The van der Waals surface area contributed by atoms with E-state index in [-0.39, 0.29) is 17.9 Å². The number of benzene rings is 2. The molecule has 0 aliphatic carbocycles. The summed E-state index contributed by atoms with van der Waals surface area (Å²) in [4.78, 5) is 23.5. The summed E-state index contributed by atoms with van der Waals surface area (Å²) in [7, 11) is 1.59. The van der Waals surface area contributed by atoms with Gasteiger partial charge in [0, 0.05) is 13.5 Å². The largest absolute Gasteiger partial charge is 0.489 e. The maximum atomic E-state index is 12.3. The number of ether oxygens (including phenoxy) is 2. The first-order valence-electron chi connectivity index (χ1n) is 8.34. The number of amides is 1. The molecule has 26 heavy (non-hydrogen) atoms. The normalized spacial score (nSPS) is 10.4. The van der Waals surface area contributed by atoms with E-state index in [1.165, 1.54) is 6.07 Å². The summed E-state index contributed by atoms with van der Waals surface area (Å²) < 4.78 is 10.6. The van der Waals surface area contributed by atoms with Gasteiger partial charge in [-0.05, 0) is 42.7 Å². The Kier molecular flexibility index (Phi) is 7.17. The van der Waals surface area contributed by atoms with Gasteiger partial charge >= 0.3 is 5.97 Å². The Morgan fingerprint density at radius 2 is 1.88 bits per heavy atom. The van der Waals surface area contributed by atoms with Crippen LogP contribution >= 0.6 is 0 Å². The van der Waals surface area contributed by atoms with E-state index in [1.807, 2.05) is 19.1 Å². The van der Waals surface area contributed by atoms with Crippen molar-refractivity contribution in [3.05, 3.63) is 59.2 Å². The van der Waals surface area contributed by atoms with Crippen molar-refractivity contribution in [2.75, 3.05) is 25.6 Å². The van der Waals surface area contributed by atoms with Crippen molar-refractivity contribution in [1.82, 2.24) is 0 Å². The molecule has 0 aromatic heterocycles. The van der Waals surface area contributed by atoms with Gasteiger partial charge in [0.15, 0.2) is 0 Å². The molecular weight excluding hydrogens is 334 g/mol. The molecule has 2 aromatic rings. The van der Waals surface area contributed by atoms with E-state index in [0.717, 1.165) is 5.56 Å². The number of nitrogens with one attached hydrogen (secondary N) is 1. The van der Waals surface area contributed by atoms with Crippen LogP contribution in [-0.4, -0.2) is 37.3 Å². The van der Waals surface area contributed by atoms with Gasteiger partial charge in [0.2, 0.25) is 5.91 Å². The van der Waals surface area contributed by atoms with Crippen LogP contribution in [0.25, 0.3) is 0 Å². The van der Waals surface area contributed by atoms with Crippen molar-refractivity contribution < 1.29 is 24.2 Å². The van der Waals surface area contributed by atoms with Crippen LogP contribution in [0.2, 0.25) is 0 Å². The molecule has 0 aliphatic rings. The molecular formula is C20H23NO5. The van der Waals surface area contributed by atoms with Gasteiger partial charge in [0.1, 0.15) is 12.4 Å². The molecule has 0 saturated heterocycles. The quantitative estimate of drug-likeness (QED) is 0.673. The highest BCUT2D eigenvalue weighted by Crippen LogP contribution is 2.26. The molecule has 2 rings (SSSR count). The number of hydrogen-bond donors (Lipinski definition) is 2. The Morgan fingerprint density at radius 1 is 1.12 bits per heavy atom. The number of hydrogen-bond acceptors (Lipinski definition) is 4. The lowest BCUT2D eigenvalue weighted by Crippen LogP contribution is -2.15. The minimum atomic E-state index is -0.992. The van der Waals surface area contributed by atoms with E-state index in [4.69, 9.17) is 9.47 Å². The summed E-state index contributed by atoms with van der Waals surface area (Å²) in [6, 6.07) is 12.2. The highest BCUT2D eigenvalue weighted by Gasteiger charge is 2.12. The molecule has 0 aliphatic heterocycles. The standard InChI is InChI=1S/C20H23NO5/c1-14-7-9-17(18(13-14)26-12-11-25-2)21-19(22)10-8-15-5-3-4-6-16(15)20(23)24/h3-7,9,13H,8,10-12H2,1-2H3,(H,21,22)(H,23,24). The SMILES string of the molecule is COCCOc1cc(C)ccc1NC(=O)CCc1ccccc1C(=O)O. The van der Waals surface area contributed by atoms with Crippen molar-refractivity contribution in [1.29, 1.82) is 0 Å². The summed E-state index contributed by atoms with van der Waals surface area (Å²) in [5.74, 6) is -0.611. The van der Waals surface area contributed by atoms with Gasteiger partial charge < -0.3 is 19.9 Å². The van der Waals surface area contributed by atoms with Gasteiger partial charge in [0.25, 0.3) is 0 Å². The molecule has 0 bridgehead atoms. The molecule has 0 fully saturated rings. The zero-order valence-electron chi connectivity index (χ0n) is 15.0. The van der Waals surface area contributed by atoms with E-state index < -0.39 is 5.97 Å². The predicted octanol–water partition coefficient (Wildman–Crippen LogP) is 3.29. The summed E-state index contributed by atoms with van der Waals surface area (Å²) >= 11 is 0. The first-order chi connectivity index (χ1) is 12.5. The second-order valence-corrected chi connectivity index (χ2v) is 5.85. The lowest BCUT2D eigenvalue weighted by molar-refractivity contribution is -0.116. The van der Waals surface area contributed by atoms with E-state index in [1.54, 1.807) is 31.4 Å². The monoisotopic (exact) mass is 357 g/mol. The fourth-order valence-electron chi connectivity index (χ4n) is 2.50. The van der Waals surface area contributed by atoms with Crippen molar-refractivity contribution in [3.63, 3.8) is 0 Å². The van der Waals surface area contributed by atoms with Gasteiger partial charge in [0.05, 0.1) is 17.9 Å². The van der Waals surface area contributed by atoms with E-state index in [9.17, 15) is 14.7 Å². The van der Waals surface area contributed by atoms with Crippen LogP contribution in [0.1, 0.15) is 27.9 Å². The lowest BCUT2D eigenvalue weighted by Gasteiger charge is -2.13. The number of carbonyl (C=O) groups excluding carboxylic acids is 1. The van der Waals surface area contributed by atoms with Crippen LogP contribution in [0.4, 0.5) is 5.69 Å². The fraction of sp³-hybridized carbons (Fsp3) is 0.300. The molecule has 0 unspecified atom stereocenters. The van der Waals surface area contributed by atoms with Gasteiger partial charge in [-0.25, -0.2) is 4.79 Å². The topological polar surface area (TPSA) is 84.9 Å². The Morgan fingerprint density at radius 3 is 2.62 bits per heavy atom. The minimum absolute atomic E-state index is 0.176. The second kappa shape index (κ2) is 9.58. The number of rotatable bonds is 9. The number of carbonyl (C=O) groups is 2. The molecule has 0 radical (unpaired) electrons. The molecule has 2 aromatic carbocycles. The molecule has 6 nitrogen and oxygen atoms in total. The summed E-state index contributed by atoms with van der Waals surface area (Å²) in [6.07, 6.45) is 0.524. The van der Waals surface area contributed by atoms with E-state index >= 15 is 0 Å². The Hall–Kier alpha value is -2.86. The van der Waals surface area contributed by atoms with Crippen LogP contribution in [0.15, 0.2) is 42.5 Å². The number of aromatic carboxylic acids is 1. The van der Waals surface area contributed by atoms with Gasteiger partial charge in [-0.2, -0.15) is 0 Å². The van der Waals surface area contributed by atoms with Crippen molar-refractivity contribution in [2.45, 2.75) is 19.8 Å². The molecule has 6 heteroatoms. The number of carboxylic acid groups (broad SMARTS) is 1. The molecule has 0 heterocycles. The fourth-order valence-corrected chi connectivity index (χ4v) is 2.50. The Balaban J connectivity index is 2.01. The minimum Gasteiger partial charge on any atom is -0.489 e. The number of aryl methyl sites for hydroxylation is 2. The maximum Gasteiger partial charge on any atom is 0.335 e. The predicted molar refractivity (Wildman–Crippen MR) is 98.9 cm³/mol. The smallest absolute Gasteiger partial charge is 0.335 e. The Labute approximate surface area is 152 Å². The first-order valence-corrected chi connectivity index (χ1v) is 8.34. The molecule has 2 N–H and O–H groups in total. The highest BCUT2D eigenvalue weighted by molar-refractivity contribution is 5.93. The van der Waals surface area contributed by atoms with Crippen LogP contribution in [-0.2, 0) is 16.0 Å². The van der Waals surface area contributed by atoms with Crippen molar-refractivity contribution >= 4 is 17.6 Å². The third kappa shape index (κ3) is 5.60. The van der Waals surface area contributed by atoms with Gasteiger partial charge in [-0.3, -0.25) is 4.79 Å². The van der Waals surface area contributed by atoms with Gasteiger partial charge in [-0.15, -0.1) is 0 Å². The van der Waals surface area contributed by atoms with E-state index in [2.05, 4.69) is 5.32 Å². The number of anilines is 1. The highest BCUT2D eigenvalue weighted by atomic mass is 16.5. The van der Waals surface area contributed by atoms with Gasteiger partial charge in [-0.1, -0.05) is 24.3 Å². The third-order valence-electron chi connectivity index (χ3n) is 3.83. The Bertz CT molecular complexity index is 773. The molecule has 1 amide bonds. The maximum absolute atomic E-state index is 12.3. The number of methoxy groups -OCH3 is 1. The molecule has 0 spiro atoms. The number of carboxylic acids is 1. The van der Waals surface area contributed by atoms with Crippen LogP contribution < -0.4 is 10.1 Å². The summed E-state index contributed by atoms with van der Waals surface area (Å²) in [5, 5.41) is 12.0. The molecule has 138 valence electrons. The van der Waals surface area contributed by atoms with Crippen molar-refractivity contribution in [2.24, 2.45) is 0 Å². The lowest BCUT2D eigenvalue weighted by atomic mass is 10.0. The second-order valence-electron chi connectivity index (χ2n) is 5.85. The molecule has 0 saturated carbocycles. The first kappa shape index (κ1) is 19.5. The summed E-state index contributed by atoms with van der Waals surface area (Å²) in [6.45, 7) is 2.78. The van der Waals surface area contributed by atoms with Crippen LogP contribution in [0.5, 0.6) is 5.75 Å². The summed E-state index contributed by atoms with van der Waals surface area (Å²) in [5.41, 5.74) is 2.46. The van der Waals surface area contributed by atoms with E-state index in [0.29, 0.717) is 36.6 Å². The molecule has 0 atom stereocenters.